The first-order chi connectivity index (χ1) is 53.2. The zero-order valence-electron chi connectivity index (χ0n) is 72.6. The molecule has 6 N–H and O–H groups in total. The summed E-state index contributed by atoms with van der Waals surface area (Å²) in [6, 6.07) is 0. The second kappa shape index (κ2) is 79.7. The van der Waals surface area contributed by atoms with E-state index in [1.165, 1.54) is 308 Å². The first-order valence-corrected chi connectivity index (χ1v) is 48.1. The number of unbranched alkanes of at least 4 members (excludes halogenated alkanes) is 66. The topological polar surface area (TPSA) is 175 Å². The van der Waals surface area contributed by atoms with E-state index in [1.807, 2.05) is 0 Å². The molecule has 0 aromatic heterocycles. The van der Waals surface area contributed by atoms with Crippen LogP contribution in [0.2, 0.25) is 0 Å². The van der Waals surface area contributed by atoms with Crippen molar-refractivity contribution in [1.29, 1.82) is 0 Å². The number of carbonyl (C=O) groups is 6. The minimum absolute atomic E-state index is 0.276. The highest BCUT2D eigenvalue weighted by molar-refractivity contribution is 6.27. The molecule has 1 aromatic rings. The first-order valence-electron chi connectivity index (χ1n) is 48.1. The second-order valence-corrected chi connectivity index (χ2v) is 33.1. The Morgan fingerprint density at radius 1 is 0.130 bits per heavy atom. The maximum atomic E-state index is 15.7. The second-order valence-electron chi connectivity index (χ2n) is 33.1. The average molecular weight is 1510 g/mol. The molecule has 1 rings (SSSR count). The lowest BCUT2D eigenvalue weighted by Gasteiger charge is -2.25. The fourth-order valence-electron chi connectivity index (χ4n) is 15.7. The maximum Gasteiger partial charge on any atom is 0.252 e. The summed E-state index contributed by atoms with van der Waals surface area (Å²) in [5.74, 6) is -4.18. The van der Waals surface area contributed by atoms with Gasteiger partial charge in [0.15, 0.2) is 0 Å². The molecule has 0 unspecified atom stereocenters. The van der Waals surface area contributed by atoms with Crippen LogP contribution in [0.3, 0.4) is 0 Å². The summed E-state index contributed by atoms with van der Waals surface area (Å²) in [6.45, 7) is 15.2. The van der Waals surface area contributed by atoms with Gasteiger partial charge in [-0.15, -0.1) is 0 Å². The molecule has 0 saturated carbocycles. The molecule has 0 fully saturated rings. The van der Waals surface area contributed by atoms with Crippen molar-refractivity contribution < 1.29 is 28.8 Å². The van der Waals surface area contributed by atoms with E-state index in [0.717, 1.165) is 116 Å². The van der Waals surface area contributed by atoms with Crippen LogP contribution in [0.1, 0.15) is 566 Å². The minimum atomic E-state index is -0.697. The van der Waals surface area contributed by atoms with Gasteiger partial charge in [0.2, 0.25) is 0 Å². The molecule has 0 heterocycles. The molecule has 6 amide bonds. The third-order valence-corrected chi connectivity index (χ3v) is 22.8. The number of hydrogen-bond donors (Lipinski definition) is 6. The van der Waals surface area contributed by atoms with E-state index in [2.05, 4.69) is 73.4 Å². The predicted molar refractivity (Wildman–Crippen MR) is 467 cm³/mol. The van der Waals surface area contributed by atoms with E-state index >= 15 is 28.8 Å². The molecule has 108 heavy (non-hydrogen) atoms. The summed E-state index contributed by atoms with van der Waals surface area (Å²) in [4.78, 5) is 94.5. The number of nitrogens with one attached hydrogen (secondary N) is 6. The molecule has 0 aliphatic heterocycles. The number of benzene rings is 1. The van der Waals surface area contributed by atoms with E-state index < -0.39 is 35.4 Å². The molecule has 0 saturated heterocycles. The Balaban J connectivity index is 4.11. The largest absolute Gasteiger partial charge is 0.352 e. The highest BCUT2D eigenvalue weighted by Gasteiger charge is 2.40. The van der Waals surface area contributed by atoms with Gasteiger partial charge in [0, 0.05) is 39.3 Å². The van der Waals surface area contributed by atoms with E-state index in [-0.39, 0.29) is 72.6 Å². The van der Waals surface area contributed by atoms with Gasteiger partial charge in [-0.1, -0.05) is 465 Å². The van der Waals surface area contributed by atoms with Crippen LogP contribution in [0.5, 0.6) is 0 Å². The van der Waals surface area contributed by atoms with Gasteiger partial charge in [0.05, 0.1) is 33.4 Å². The molecule has 0 aliphatic rings. The molecular weight excluding hydrogens is 1330 g/mol. The summed E-state index contributed by atoms with van der Waals surface area (Å²) in [5.41, 5.74) is -1.85. The van der Waals surface area contributed by atoms with Gasteiger partial charge in [-0.2, -0.15) is 0 Å². The van der Waals surface area contributed by atoms with Crippen molar-refractivity contribution in [3.05, 3.63) is 33.4 Å². The van der Waals surface area contributed by atoms with Gasteiger partial charge in [-0.05, 0) is 38.5 Å². The van der Waals surface area contributed by atoms with Crippen LogP contribution in [0.4, 0.5) is 0 Å². The van der Waals surface area contributed by atoms with Gasteiger partial charge in [0.1, 0.15) is 0 Å². The van der Waals surface area contributed by atoms with Crippen molar-refractivity contribution in [1.82, 2.24) is 31.9 Å². The molecule has 0 bridgehead atoms. The van der Waals surface area contributed by atoms with Crippen molar-refractivity contribution in [2.45, 2.75) is 504 Å². The fraction of sp³-hybridized carbons (Fsp3) is 0.875. The third-order valence-electron chi connectivity index (χ3n) is 22.8. The normalized spacial score (nSPS) is 11.4. The SMILES string of the molecule is CCCCCCCCCCCCCCNC(=O)c1c(C(=O)NCCCCCCCCCCCCCC)c(C(=O)NCCCCCCCCCCCCCC)c(C(=O)NCCCCCCCCCCCCCC)c(C(=O)NCCCCCCCCCCCCCC)c1C(=O)NCCCCCCCCCCCCCC. The molecular formula is C96H180N6O6. The number of carbonyl (C=O) groups excluding carboxylic acids is 6. The Morgan fingerprint density at radius 2 is 0.204 bits per heavy atom. The zero-order valence-corrected chi connectivity index (χ0v) is 72.6. The number of hydrogen-bond acceptors (Lipinski definition) is 6. The lowest BCUT2D eigenvalue weighted by Crippen LogP contribution is -2.42. The van der Waals surface area contributed by atoms with Gasteiger partial charge < -0.3 is 31.9 Å². The van der Waals surface area contributed by atoms with Crippen molar-refractivity contribution in [2.75, 3.05) is 39.3 Å². The zero-order chi connectivity index (χ0) is 78.3. The average Bonchev–Trinajstić information content (AvgIpc) is 0.731. The van der Waals surface area contributed by atoms with Crippen molar-refractivity contribution in [3.8, 4) is 0 Å². The monoisotopic (exact) mass is 1510 g/mol. The highest BCUT2D eigenvalue weighted by Crippen LogP contribution is 2.32. The van der Waals surface area contributed by atoms with E-state index in [0.29, 0.717) is 38.5 Å². The fourth-order valence-corrected chi connectivity index (χ4v) is 15.7. The summed E-state index contributed by atoms with van der Waals surface area (Å²) in [7, 11) is 0. The van der Waals surface area contributed by atoms with Crippen molar-refractivity contribution in [2.24, 2.45) is 0 Å². The van der Waals surface area contributed by atoms with Gasteiger partial charge >= 0.3 is 0 Å². The molecule has 0 atom stereocenters. The quantitative estimate of drug-likeness (QED) is 0.0354. The first kappa shape index (κ1) is 102. The Hall–Kier alpha value is -3.96. The Bertz CT molecular complexity index is 1840. The molecule has 12 heteroatoms. The lowest BCUT2D eigenvalue weighted by atomic mass is 9.83. The highest BCUT2D eigenvalue weighted by atomic mass is 16.2. The van der Waals surface area contributed by atoms with Gasteiger partial charge in [0.25, 0.3) is 35.4 Å². The molecule has 1 aromatic carbocycles. The van der Waals surface area contributed by atoms with Crippen LogP contribution in [0, 0.1) is 0 Å². The van der Waals surface area contributed by atoms with Gasteiger partial charge in [-0.25, -0.2) is 0 Å². The predicted octanol–water partition coefficient (Wildman–Crippen LogP) is 28.3. The standard InChI is InChI=1S/C96H180N6O6/c1-7-13-19-25-31-37-43-49-55-61-67-73-79-97-91(103)85-86(92(104)98-80-74-68-62-56-50-44-38-32-26-20-14-8-2)88(94(106)100-82-76-70-64-58-52-46-40-34-28-22-16-10-4)90(96(108)102-84-78-72-66-60-54-48-42-36-30-24-18-12-6)89(95(107)101-83-77-71-65-59-53-47-41-35-29-23-17-11-5)87(85)93(105)99-81-75-69-63-57-51-45-39-33-27-21-15-9-3/h7-84H2,1-6H3,(H,97,103)(H,98,104)(H,99,105)(H,100,106)(H,101,107)(H,102,108). The lowest BCUT2D eigenvalue weighted by molar-refractivity contribution is 0.0873. The molecule has 0 spiro atoms. The maximum absolute atomic E-state index is 15.7. The van der Waals surface area contributed by atoms with Crippen LogP contribution in [-0.2, 0) is 0 Å². The van der Waals surface area contributed by atoms with Crippen LogP contribution < -0.4 is 31.9 Å². The van der Waals surface area contributed by atoms with Crippen molar-refractivity contribution in [3.63, 3.8) is 0 Å². The summed E-state index contributed by atoms with van der Waals surface area (Å²) < 4.78 is 0. The van der Waals surface area contributed by atoms with Crippen LogP contribution in [-0.4, -0.2) is 74.7 Å². The van der Waals surface area contributed by atoms with Crippen LogP contribution >= 0.6 is 0 Å². The Labute approximate surface area is 669 Å². The Morgan fingerprint density at radius 3 is 0.287 bits per heavy atom. The van der Waals surface area contributed by atoms with E-state index in [1.54, 1.807) is 0 Å². The molecule has 12 nitrogen and oxygen atoms in total. The minimum Gasteiger partial charge on any atom is -0.352 e. The smallest absolute Gasteiger partial charge is 0.252 e. The van der Waals surface area contributed by atoms with Crippen LogP contribution in [0.25, 0.3) is 0 Å². The third kappa shape index (κ3) is 58.0. The summed E-state index contributed by atoms with van der Waals surface area (Å²) in [5, 5.41) is 18.9. The van der Waals surface area contributed by atoms with E-state index in [4.69, 9.17) is 0 Å². The van der Waals surface area contributed by atoms with Crippen LogP contribution in [0.15, 0.2) is 0 Å². The van der Waals surface area contributed by atoms with E-state index in [9.17, 15) is 0 Å². The molecule has 0 aliphatic carbocycles. The van der Waals surface area contributed by atoms with Crippen molar-refractivity contribution >= 4 is 35.4 Å². The summed E-state index contributed by atoms with van der Waals surface area (Å²) >= 11 is 0. The van der Waals surface area contributed by atoms with Gasteiger partial charge in [-0.3, -0.25) is 28.8 Å². The molecule has 0 radical (unpaired) electrons. The summed E-state index contributed by atoms with van der Waals surface area (Å²) in [6.07, 6.45) is 83.4. The number of amides is 6. The Kier molecular flexibility index (Phi) is 75.3. The number of rotatable bonds is 84. The molecule has 630 valence electrons.